The van der Waals surface area contributed by atoms with Crippen molar-refractivity contribution in [3.8, 4) is 10.6 Å². The summed E-state index contributed by atoms with van der Waals surface area (Å²) in [4.78, 5) is 15.2. The zero-order valence-corrected chi connectivity index (χ0v) is 19.1. The number of carbonyl (C=O) groups excluding carboxylic acids is 1. The molecule has 0 atom stereocenters. The van der Waals surface area contributed by atoms with E-state index in [1.165, 1.54) is 16.9 Å². The normalized spacial score (nSPS) is 14.8. The highest BCUT2D eigenvalue weighted by atomic mass is 35.5. The minimum Gasteiger partial charge on any atom is -0.279 e. The first-order valence-electron chi connectivity index (χ1n) is 10.4. The van der Waals surface area contributed by atoms with Gasteiger partial charge in [0.05, 0.1) is 0 Å². The number of benzene rings is 2. The molecule has 4 nitrogen and oxygen atoms in total. The Morgan fingerprint density at radius 1 is 1.07 bits per heavy atom. The van der Waals surface area contributed by atoms with Gasteiger partial charge in [-0.15, -0.1) is 10.2 Å². The van der Waals surface area contributed by atoms with Crippen LogP contribution < -0.4 is 4.90 Å². The molecule has 1 aliphatic rings. The third kappa shape index (κ3) is 4.42. The van der Waals surface area contributed by atoms with Gasteiger partial charge in [-0.1, -0.05) is 86.9 Å². The Balaban J connectivity index is 1.65. The Kier molecular flexibility index (Phi) is 5.94. The second-order valence-electron chi connectivity index (χ2n) is 8.84. The molecule has 0 spiro atoms. The molecule has 0 bridgehead atoms. The molecule has 1 aromatic heterocycles. The zero-order valence-electron chi connectivity index (χ0n) is 17.6. The van der Waals surface area contributed by atoms with E-state index in [1.807, 2.05) is 17.0 Å². The van der Waals surface area contributed by atoms with Gasteiger partial charge < -0.3 is 0 Å². The monoisotopic (exact) mass is 439 g/mol. The number of rotatable bonds is 4. The van der Waals surface area contributed by atoms with Crippen LogP contribution in [0.5, 0.6) is 0 Å². The van der Waals surface area contributed by atoms with E-state index in [0.29, 0.717) is 15.7 Å². The van der Waals surface area contributed by atoms with Crippen LogP contribution in [0.3, 0.4) is 0 Å². The van der Waals surface area contributed by atoms with Gasteiger partial charge in [0, 0.05) is 22.2 Å². The summed E-state index contributed by atoms with van der Waals surface area (Å²) in [5.74, 6) is -0.0600. The smallest absolute Gasteiger partial charge is 0.260 e. The number of hydrogen-bond donors (Lipinski definition) is 0. The standard InChI is InChI=1S/C24H26ClN3OS/c1-24(2,3)18-13-11-16(12-14-18)21-26-27-23(30-21)28(20-9-4-5-10-20)22(29)17-7-6-8-19(25)15-17/h6-8,11-15,20H,4-5,9-10H2,1-3H3. The van der Waals surface area contributed by atoms with Crippen LogP contribution in [-0.2, 0) is 5.41 Å². The molecule has 0 aliphatic heterocycles. The second-order valence-corrected chi connectivity index (χ2v) is 10.2. The summed E-state index contributed by atoms with van der Waals surface area (Å²) >= 11 is 7.60. The largest absolute Gasteiger partial charge is 0.279 e. The van der Waals surface area contributed by atoms with Gasteiger partial charge in [-0.2, -0.15) is 0 Å². The lowest BCUT2D eigenvalue weighted by atomic mass is 9.87. The fourth-order valence-corrected chi connectivity index (χ4v) is 4.99. The summed E-state index contributed by atoms with van der Waals surface area (Å²) in [5.41, 5.74) is 2.99. The van der Waals surface area contributed by atoms with Crippen molar-refractivity contribution in [1.29, 1.82) is 0 Å². The van der Waals surface area contributed by atoms with E-state index in [0.717, 1.165) is 36.3 Å². The second kappa shape index (κ2) is 8.48. The van der Waals surface area contributed by atoms with E-state index in [4.69, 9.17) is 11.6 Å². The van der Waals surface area contributed by atoms with Gasteiger partial charge in [0.1, 0.15) is 5.01 Å². The van der Waals surface area contributed by atoms with Gasteiger partial charge in [-0.25, -0.2) is 0 Å². The minimum atomic E-state index is -0.0600. The van der Waals surface area contributed by atoms with Gasteiger partial charge in [0.2, 0.25) is 5.13 Å². The van der Waals surface area contributed by atoms with Crippen molar-refractivity contribution in [2.75, 3.05) is 4.90 Å². The molecule has 0 unspecified atom stereocenters. The molecule has 156 valence electrons. The van der Waals surface area contributed by atoms with Crippen molar-refractivity contribution in [3.05, 3.63) is 64.7 Å². The quantitative estimate of drug-likeness (QED) is 0.451. The van der Waals surface area contributed by atoms with Gasteiger partial charge in [-0.05, 0) is 42.0 Å². The summed E-state index contributed by atoms with van der Waals surface area (Å²) in [5, 5.41) is 10.9. The maximum absolute atomic E-state index is 13.4. The Labute approximate surface area is 186 Å². The van der Waals surface area contributed by atoms with E-state index < -0.39 is 0 Å². The maximum Gasteiger partial charge on any atom is 0.260 e. The lowest BCUT2D eigenvalue weighted by molar-refractivity contribution is 0.0976. The molecule has 4 rings (SSSR count). The highest BCUT2D eigenvalue weighted by Crippen LogP contribution is 2.35. The number of hydrogen-bond acceptors (Lipinski definition) is 4. The van der Waals surface area contributed by atoms with E-state index in [2.05, 4.69) is 55.2 Å². The maximum atomic E-state index is 13.4. The van der Waals surface area contributed by atoms with Crippen molar-refractivity contribution >= 4 is 34.0 Å². The van der Waals surface area contributed by atoms with Gasteiger partial charge in [0.25, 0.3) is 5.91 Å². The van der Waals surface area contributed by atoms with Gasteiger partial charge in [-0.3, -0.25) is 9.69 Å². The highest BCUT2D eigenvalue weighted by molar-refractivity contribution is 7.18. The van der Waals surface area contributed by atoms with Crippen LogP contribution in [0.2, 0.25) is 5.02 Å². The third-order valence-corrected chi connectivity index (χ3v) is 6.81. The van der Waals surface area contributed by atoms with E-state index >= 15 is 0 Å². The summed E-state index contributed by atoms with van der Waals surface area (Å²) in [6.45, 7) is 6.60. The van der Waals surface area contributed by atoms with Crippen molar-refractivity contribution < 1.29 is 4.79 Å². The lowest BCUT2D eigenvalue weighted by Crippen LogP contribution is -2.39. The highest BCUT2D eigenvalue weighted by Gasteiger charge is 2.31. The third-order valence-electron chi connectivity index (χ3n) is 5.60. The van der Waals surface area contributed by atoms with Crippen molar-refractivity contribution in [3.63, 3.8) is 0 Å². The molecule has 3 aromatic rings. The molecule has 1 heterocycles. The molecule has 0 N–H and O–H groups in total. The lowest BCUT2D eigenvalue weighted by Gasteiger charge is -2.26. The van der Waals surface area contributed by atoms with Crippen molar-refractivity contribution in [2.45, 2.75) is 57.9 Å². The topological polar surface area (TPSA) is 46.1 Å². The fraction of sp³-hybridized carbons (Fsp3) is 0.375. The first-order chi connectivity index (χ1) is 14.3. The predicted octanol–water partition coefficient (Wildman–Crippen LogP) is 6.75. The van der Waals surface area contributed by atoms with Crippen LogP contribution in [0, 0.1) is 0 Å². The number of halogens is 1. The molecule has 0 saturated heterocycles. The summed E-state index contributed by atoms with van der Waals surface area (Å²) in [7, 11) is 0. The van der Waals surface area contributed by atoms with Crippen molar-refractivity contribution in [2.24, 2.45) is 0 Å². The Morgan fingerprint density at radius 3 is 2.40 bits per heavy atom. The number of aromatic nitrogens is 2. The number of anilines is 1. The van der Waals surface area contributed by atoms with Crippen LogP contribution in [0.1, 0.15) is 62.4 Å². The number of nitrogens with zero attached hydrogens (tertiary/aromatic N) is 3. The van der Waals surface area contributed by atoms with Crippen molar-refractivity contribution in [1.82, 2.24) is 10.2 Å². The molecule has 1 amide bonds. The molecular formula is C24H26ClN3OS. The van der Waals surface area contributed by atoms with Crippen LogP contribution in [-0.4, -0.2) is 22.1 Å². The predicted molar refractivity (Wildman–Crippen MR) is 125 cm³/mol. The average molecular weight is 440 g/mol. The first-order valence-corrected chi connectivity index (χ1v) is 11.6. The number of carbonyl (C=O) groups is 1. The molecule has 1 saturated carbocycles. The molecule has 1 aliphatic carbocycles. The summed E-state index contributed by atoms with van der Waals surface area (Å²) < 4.78 is 0. The van der Waals surface area contributed by atoms with Crippen LogP contribution in [0.4, 0.5) is 5.13 Å². The fourth-order valence-electron chi connectivity index (χ4n) is 3.87. The molecule has 2 aromatic carbocycles. The Morgan fingerprint density at radius 2 is 1.77 bits per heavy atom. The minimum absolute atomic E-state index is 0.0600. The average Bonchev–Trinajstić information content (AvgIpc) is 3.40. The molecule has 1 fully saturated rings. The van der Waals surface area contributed by atoms with E-state index in [1.54, 1.807) is 12.1 Å². The Bertz CT molecular complexity index is 1030. The van der Waals surface area contributed by atoms with Crippen LogP contribution in [0.25, 0.3) is 10.6 Å². The Hall–Kier alpha value is -2.24. The van der Waals surface area contributed by atoms with Crippen LogP contribution in [0.15, 0.2) is 48.5 Å². The SMILES string of the molecule is CC(C)(C)c1ccc(-c2nnc(N(C(=O)c3cccc(Cl)c3)C3CCCC3)s2)cc1. The molecular weight excluding hydrogens is 414 g/mol. The van der Waals surface area contributed by atoms with Crippen LogP contribution >= 0.6 is 22.9 Å². The zero-order chi connectivity index (χ0) is 21.3. The van der Waals surface area contributed by atoms with Gasteiger partial charge in [0.15, 0.2) is 0 Å². The number of amides is 1. The van der Waals surface area contributed by atoms with E-state index in [9.17, 15) is 4.79 Å². The summed E-state index contributed by atoms with van der Waals surface area (Å²) in [6.07, 6.45) is 4.23. The van der Waals surface area contributed by atoms with Gasteiger partial charge >= 0.3 is 0 Å². The molecule has 0 radical (unpaired) electrons. The summed E-state index contributed by atoms with van der Waals surface area (Å²) in [6, 6.07) is 15.7. The first kappa shape index (κ1) is 21.0. The molecule has 6 heteroatoms. The molecule has 30 heavy (non-hydrogen) atoms. The van der Waals surface area contributed by atoms with E-state index in [-0.39, 0.29) is 17.4 Å².